The highest BCUT2D eigenvalue weighted by Gasteiger charge is 2.28. The molecule has 0 aliphatic carbocycles. The van der Waals surface area contributed by atoms with Gasteiger partial charge in [-0.25, -0.2) is 14.4 Å². The van der Waals surface area contributed by atoms with E-state index in [0.29, 0.717) is 11.1 Å². The largest absolute Gasteiger partial charge is 0.478 e. The van der Waals surface area contributed by atoms with Gasteiger partial charge in [0.25, 0.3) is 0 Å². The summed E-state index contributed by atoms with van der Waals surface area (Å²) in [4.78, 5) is 45.1. The van der Waals surface area contributed by atoms with Gasteiger partial charge in [0.15, 0.2) is 5.78 Å². The number of benzene rings is 4. The molecule has 0 fully saturated rings. The second-order valence-electron chi connectivity index (χ2n) is 8.58. The lowest BCUT2D eigenvalue weighted by Gasteiger charge is -2.10. The Kier molecular flexibility index (Phi) is 11.5. The summed E-state index contributed by atoms with van der Waals surface area (Å²) >= 11 is 0. The maximum absolute atomic E-state index is 12.3. The zero-order valence-corrected chi connectivity index (χ0v) is 22.5. The number of cyclic esters (lactones) is 2. The van der Waals surface area contributed by atoms with Crippen LogP contribution in [-0.4, -0.2) is 42.0 Å². The molecule has 5 rings (SSSR count). The molecule has 0 aromatic heterocycles. The summed E-state index contributed by atoms with van der Waals surface area (Å²) in [6, 6.07) is 24.3. The van der Waals surface area contributed by atoms with Gasteiger partial charge in [-0.05, 0) is 36.4 Å². The number of hydrogen-bond donors (Lipinski definition) is 2. The molecule has 13 heteroatoms. The number of carboxylic acid groups (broad SMARTS) is 1. The quantitative estimate of drug-likeness (QED) is 0.0772. The van der Waals surface area contributed by atoms with Crippen LogP contribution in [-0.2, 0) is 11.2 Å². The number of anilines is 1. The van der Waals surface area contributed by atoms with Crippen LogP contribution in [0.1, 0.15) is 47.0 Å². The molecule has 0 atom stereocenters. The lowest BCUT2D eigenvalue weighted by Crippen LogP contribution is -2.12. The van der Waals surface area contributed by atoms with Gasteiger partial charge in [0.1, 0.15) is 11.5 Å². The van der Waals surface area contributed by atoms with Gasteiger partial charge in [-0.15, -0.1) is 0 Å². The van der Waals surface area contributed by atoms with Crippen molar-refractivity contribution in [2.45, 2.75) is 19.6 Å². The first-order valence-electron chi connectivity index (χ1n) is 12.5. The predicted octanol–water partition coefficient (Wildman–Crippen LogP) is 6.28. The molecule has 1 heterocycles. The average Bonchev–Trinajstić information content (AvgIpc) is 3.28. The van der Waals surface area contributed by atoms with E-state index in [1.807, 2.05) is 0 Å². The molecule has 228 valence electrons. The number of aromatic carboxylic acids is 1. The highest BCUT2D eigenvalue weighted by molar-refractivity contribution is 6.14. The van der Waals surface area contributed by atoms with Crippen molar-refractivity contribution in [1.82, 2.24) is 0 Å². The Hall–Kier alpha value is -5.72. The number of rotatable bonds is 8. The molecule has 0 radical (unpaired) electrons. The Balaban J connectivity index is 0.000000200. The molecule has 0 saturated heterocycles. The van der Waals surface area contributed by atoms with Crippen molar-refractivity contribution in [3.05, 3.63) is 125 Å². The Morgan fingerprint density at radius 3 is 1.68 bits per heavy atom. The highest BCUT2D eigenvalue weighted by Crippen LogP contribution is 2.23. The fourth-order valence-electron chi connectivity index (χ4n) is 3.76. The minimum atomic E-state index is -3.00. The monoisotopic (exact) mass is 613 g/mol. The van der Waals surface area contributed by atoms with E-state index in [1.54, 1.807) is 48.5 Å². The molecule has 9 nitrogen and oxygen atoms in total. The molecule has 0 bridgehead atoms. The summed E-state index contributed by atoms with van der Waals surface area (Å²) in [5.41, 5.74) is 6.42. The van der Waals surface area contributed by atoms with Gasteiger partial charge in [0.2, 0.25) is 0 Å². The van der Waals surface area contributed by atoms with Crippen molar-refractivity contribution >= 4 is 29.4 Å². The topological polar surface area (TPSA) is 142 Å². The molecular formula is C31H23F4NO8. The van der Waals surface area contributed by atoms with Crippen molar-refractivity contribution in [1.29, 1.82) is 0 Å². The van der Waals surface area contributed by atoms with E-state index in [-0.39, 0.29) is 40.3 Å². The van der Waals surface area contributed by atoms with Crippen LogP contribution in [0.15, 0.2) is 97.1 Å². The van der Waals surface area contributed by atoms with Crippen molar-refractivity contribution in [3.8, 4) is 11.5 Å². The molecule has 3 N–H and O–H groups in total. The molecule has 44 heavy (non-hydrogen) atoms. The minimum Gasteiger partial charge on any atom is -0.478 e. The number of carboxylic acids is 1. The van der Waals surface area contributed by atoms with Crippen LogP contribution in [0.2, 0.25) is 0 Å². The van der Waals surface area contributed by atoms with Gasteiger partial charge in [-0.3, -0.25) is 4.79 Å². The second-order valence-corrected chi connectivity index (χ2v) is 8.58. The second kappa shape index (κ2) is 15.5. The third kappa shape index (κ3) is 9.14. The summed E-state index contributed by atoms with van der Waals surface area (Å²) in [6.45, 7) is -5.82. The number of ketones is 1. The van der Waals surface area contributed by atoms with Crippen molar-refractivity contribution in [2.24, 2.45) is 0 Å². The van der Waals surface area contributed by atoms with Crippen molar-refractivity contribution in [2.75, 3.05) is 5.73 Å². The summed E-state index contributed by atoms with van der Waals surface area (Å²) in [5, 5.41) is 9.08. The first kappa shape index (κ1) is 32.8. The standard InChI is InChI=1S/C16H12F2O4.C8H4O3.C7H7F2NO/c17-16(18)22-14-8-4-1-5-10(14)9-13(19)11-6-2-3-7-12(11)15(20)21;9-7-5-3-1-2-4-6(5)8(10)11-7;8-7(9)11-6-4-2-1-3-5(6)10/h1-8,16H,9H2,(H,20,21);1-4H;1-4,7H,10H2. The number of carbonyl (C=O) groups excluding carboxylic acids is 3. The smallest absolute Gasteiger partial charge is 0.387 e. The SMILES string of the molecule is Nc1ccccc1OC(F)F.O=C(O)c1ccccc1C(=O)Cc1ccccc1OC(F)F.O=C1OC(=O)c2ccccc21. The highest BCUT2D eigenvalue weighted by atomic mass is 19.3. The number of esters is 2. The number of halogens is 4. The number of ether oxygens (including phenoxy) is 3. The lowest BCUT2D eigenvalue weighted by atomic mass is 9.98. The molecule has 0 unspecified atom stereocenters. The summed E-state index contributed by atoms with van der Waals surface area (Å²) in [6.07, 6.45) is -0.229. The zero-order chi connectivity index (χ0) is 32.2. The van der Waals surface area contributed by atoms with Crippen molar-refractivity contribution < 1.29 is 56.1 Å². The maximum atomic E-state index is 12.3. The first-order chi connectivity index (χ1) is 21.0. The van der Waals surface area contributed by atoms with E-state index in [9.17, 15) is 36.7 Å². The predicted molar refractivity (Wildman–Crippen MR) is 148 cm³/mol. The number of Topliss-reactive ketones (excluding diaryl/α,β-unsaturated/α-hetero) is 1. The number of nitrogen functional groups attached to an aromatic ring is 1. The number of hydrogen-bond acceptors (Lipinski definition) is 8. The molecule has 0 amide bonds. The van der Waals surface area contributed by atoms with Gasteiger partial charge >= 0.3 is 31.1 Å². The molecule has 0 spiro atoms. The van der Waals surface area contributed by atoms with Crippen molar-refractivity contribution in [3.63, 3.8) is 0 Å². The Bertz CT molecular complexity index is 1610. The Morgan fingerprint density at radius 2 is 1.14 bits per heavy atom. The first-order valence-corrected chi connectivity index (χ1v) is 12.5. The van der Waals surface area contributed by atoms with E-state index >= 15 is 0 Å². The van der Waals surface area contributed by atoms with E-state index in [1.165, 1.54) is 48.5 Å². The third-order valence-electron chi connectivity index (χ3n) is 5.68. The normalized spacial score (nSPS) is 11.4. The van der Waals surface area contributed by atoms with Gasteiger partial charge in [0, 0.05) is 17.5 Å². The van der Waals surface area contributed by atoms with Crippen LogP contribution in [0.4, 0.5) is 23.2 Å². The number of carbonyl (C=O) groups is 4. The molecule has 4 aromatic rings. The summed E-state index contributed by atoms with van der Waals surface area (Å²) in [5.74, 6) is -2.89. The number of para-hydroxylation sites is 3. The van der Waals surface area contributed by atoms with Gasteiger partial charge < -0.3 is 25.1 Å². The average molecular weight is 614 g/mol. The van der Waals surface area contributed by atoms with Gasteiger partial charge in [0.05, 0.1) is 22.4 Å². The molecule has 1 aliphatic heterocycles. The number of fused-ring (bicyclic) bond motifs is 1. The fourth-order valence-corrected chi connectivity index (χ4v) is 3.76. The van der Waals surface area contributed by atoms with E-state index in [0.717, 1.165) is 0 Å². The van der Waals surface area contributed by atoms with E-state index < -0.39 is 36.9 Å². The lowest BCUT2D eigenvalue weighted by molar-refractivity contribution is -0.0507. The molecular weight excluding hydrogens is 590 g/mol. The summed E-state index contributed by atoms with van der Waals surface area (Å²) in [7, 11) is 0. The van der Waals surface area contributed by atoms with Gasteiger partial charge in [-0.2, -0.15) is 17.6 Å². The Labute approximate surface area is 247 Å². The van der Waals surface area contributed by atoms with Crippen LogP contribution in [0.5, 0.6) is 11.5 Å². The Morgan fingerprint density at radius 1 is 0.682 bits per heavy atom. The van der Waals surface area contributed by atoms with Crippen LogP contribution in [0, 0.1) is 0 Å². The van der Waals surface area contributed by atoms with Crippen LogP contribution in [0.25, 0.3) is 0 Å². The van der Waals surface area contributed by atoms with Crippen LogP contribution >= 0.6 is 0 Å². The van der Waals surface area contributed by atoms with E-state index in [2.05, 4.69) is 14.2 Å². The van der Waals surface area contributed by atoms with Gasteiger partial charge in [-0.1, -0.05) is 60.7 Å². The fraction of sp³-hybridized carbons (Fsp3) is 0.0968. The van der Waals surface area contributed by atoms with Crippen LogP contribution in [0.3, 0.4) is 0 Å². The summed E-state index contributed by atoms with van der Waals surface area (Å²) < 4.78 is 60.7. The maximum Gasteiger partial charge on any atom is 0.387 e. The zero-order valence-electron chi connectivity index (χ0n) is 22.5. The molecule has 1 aliphatic rings. The third-order valence-corrected chi connectivity index (χ3v) is 5.68. The molecule has 0 saturated carbocycles. The van der Waals surface area contributed by atoms with Crippen LogP contribution < -0.4 is 15.2 Å². The molecule has 4 aromatic carbocycles. The van der Waals surface area contributed by atoms with E-state index in [4.69, 9.17) is 10.8 Å². The number of alkyl halides is 4. The minimum absolute atomic E-state index is 0.0162. The number of nitrogens with two attached hydrogens (primary N) is 1.